The molecule has 1 saturated carbocycles. The second-order valence-electron chi connectivity index (χ2n) is 5.14. The van der Waals surface area contributed by atoms with Crippen LogP contribution >= 0.6 is 0 Å². The van der Waals surface area contributed by atoms with Crippen LogP contribution in [0, 0.1) is 5.41 Å². The molecule has 1 saturated heterocycles. The van der Waals surface area contributed by atoms with E-state index in [1.807, 2.05) is 0 Å². The summed E-state index contributed by atoms with van der Waals surface area (Å²) in [6, 6.07) is 0.458. The van der Waals surface area contributed by atoms with Crippen LogP contribution in [0.2, 0.25) is 0 Å². The Morgan fingerprint density at radius 3 is 2.80 bits per heavy atom. The molecular weight excluding hydrogens is 188 g/mol. The third kappa shape index (κ3) is 2.17. The van der Waals surface area contributed by atoms with Gasteiger partial charge in [0, 0.05) is 31.1 Å². The minimum absolute atomic E-state index is 0.0613. The first-order valence-electron chi connectivity index (χ1n) is 6.21. The van der Waals surface area contributed by atoms with Crippen molar-refractivity contribution in [1.82, 2.24) is 10.2 Å². The molecule has 0 radical (unpaired) electrons. The van der Waals surface area contributed by atoms with Gasteiger partial charge in [0.1, 0.15) is 0 Å². The summed E-state index contributed by atoms with van der Waals surface area (Å²) >= 11 is 0. The molecular formula is C12H22N2O. The van der Waals surface area contributed by atoms with E-state index in [0.717, 1.165) is 45.3 Å². The lowest BCUT2D eigenvalue weighted by molar-refractivity contribution is -0.138. The molecule has 1 aliphatic heterocycles. The van der Waals surface area contributed by atoms with E-state index in [0.29, 0.717) is 11.9 Å². The molecule has 1 N–H and O–H groups in total. The summed E-state index contributed by atoms with van der Waals surface area (Å²) in [5.41, 5.74) is 0.0613. The second-order valence-corrected chi connectivity index (χ2v) is 5.14. The van der Waals surface area contributed by atoms with E-state index in [4.69, 9.17) is 0 Å². The Morgan fingerprint density at radius 2 is 2.27 bits per heavy atom. The Hall–Kier alpha value is -0.570. The molecule has 2 rings (SSSR count). The SMILES string of the molecule is CCCC1(C(=O)N2CCN[C@H](C)C2)CC1. The molecule has 15 heavy (non-hydrogen) atoms. The summed E-state index contributed by atoms with van der Waals surface area (Å²) in [4.78, 5) is 14.4. The smallest absolute Gasteiger partial charge is 0.228 e. The molecule has 0 unspecified atom stereocenters. The average Bonchev–Trinajstić information content (AvgIpc) is 2.98. The van der Waals surface area contributed by atoms with Gasteiger partial charge in [-0.2, -0.15) is 0 Å². The van der Waals surface area contributed by atoms with Gasteiger partial charge in [-0.25, -0.2) is 0 Å². The van der Waals surface area contributed by atoms with Crippen LogP contribution in [0.5, 0.6) is 0 Å². The van der Waals surface area contributed by atoms with Gasteiger partial charge < -0.3 is 10.2 Å². The van der Waals surface area contributed by atoms with Crippen LogP contribution in [0.3, 0.4) is 0 Å². The van der Waals surface area contributed by atoms with E-state index in [1.165, 1.54) is 0 Å². The van der Waals surface area contributed by atoms with Crippen molar-refractivity contribution < 1.29 is 4.79 Å². The summed E-state index contributed by atoms with van der Waals surface area (Å²) in [7, 11) is 0. The normalized spacial score (nSPS) is 28.9. The van der Waals surface area contributed by atoms with E-state index >= 15 is 0 Å². The molecule has 0 aromatic carbocycles. The van der Waals surface area contributed by atoms with Crippen LogP contribution < -0.4 is 5.32 Å². The minimum atomic E-state index is 0.0613. The summed E-state index contributed by atoms with van der Waals surface area (Å²) < 4.78 is 0. The molecule has 0 bridgehead atoms. The molecule has 2 fully saturated rings. The van der Waals surface area contributed by atoms with Crippen molar-refractivity contribution in [3.8, 4) is 0 Å². The van der Waals surface area contributed by atoms with Gasteiger partial charge in [0.05, 0.1) is 0 Å². The predicted octanol–water partition coefficient (Wildman–Crippen LogP) is 1.39. The minimum Gasteiger partial charge on any atom is -0.339 e. The number of hydrogen-bond acceptors (Lipinski definition) is 2. The highest BCUT2D eigenvalue weighted by Gasteiger charge is 2.50. The summed E-state index contributed by atoms with van der Waals surface area (Å²) in [6.45, 7) is 7.07. The predicted molar refractivity (Wildman–Crippen MR) is 60.6 cm³/mol. The maximum absolute atomic E-state index is 12.3. The fourth-order valence-electron chi connectivity index (χ4n) is 2.65. The fourth-order valence-corrected chi connectivity index (χ4v) is 2.65. The lowest BCUT2D eigenvalue weighted by atomic mass is 9.98. The standard InChI is InChI=1S/C12H22N2O/c1-3-4-12(5-6-12)11(15)14-8-7-13-10(2)9-14/h10,13H,3-9H2,1-2H3/t10-/m1/s1. The molecule has 3 nitrogen and oxygen atoms in total. The monoisotopic (exact) mass is 210 g/mol. The first-order valence-corrected chi connectivity index (χ1v) is 6.21. The maximum Gasteiger partial charge on any atom is 0.228 e. The first-order chi connectivity index (χ1) is 7.18. The van der Waals surface area contributed by atoms with Crippen LogP contribution in [0.15, 0.2) is 0 Å². The molecule has 1 aliphatic carbocycles. The van der Waals surface area contributed by atoms with E-state index in [1.54, 1.807) is 0 Å². The maximum atomic E-state index is 12.3. The summed E-state index contributed by atoms with van der Waals surface area (Å²) in [5, 5.41) is 3.38. The van der Waals surface area contributed by atoms with Gasteiger partial charge in [0.25, 0.3) is 0 Å². The number of hydrogen-bond donors (Lipinski definition) is 1. The molecule has 0 aromatic rings. The molecule has 86 valence electrons. The van der Waals surface area contributed by atoms with Crippen molar-refractivity contribution in [2.75, 3.05) is 19.6 Å². The van der Waals surface area contributed by atoms with Crippen LogP contribution in [-0.4, -0.2) is 36.5 Å². The summed E-state index contributed by atoms with van der Waals surface area (Å²) in [5.74, 6) is 0.428. The van der Waals surface area contributed by atoms with E-state index in [2.05, 4.69) is 24.1 Å². The van der Waals surface area contributed by atoms with Gasteiger partial charge in [0.2, 0.25) is 5.91 Å². The van der Waals surface area contributed by atoms with Gasteiger partial charge in [0.15, 0.2) is 0 Å². The van der Waals surface area contributed by atoms with E-state index in [9.17, 15) is 4.79 Å². The Labute approximate surface area is 92.2 Å². The van der Waals surface area contributed by atoms with Crippen LogP contribution in [0.1, 0.15) is 39.5 Å². The Bertz CT molecular complexity index is 248. The third-order valence-electron chi connectivity index (χ3n) is 3.69. The van der Waals surface area contributed by atoms with Crippen LogP contribution in [-0.2, 0) is 4.79 Å². The fraction of sp³-hybridized carbons (Fsp3) is 0.917. The number of carbonyl (C=O) groups excluding carboxylic acids is 1. The molecule has 1 amide bonds. The number of nitrogens with one attached hydrogen (secondary N) is 1. The largest absolute Gasteiger partial charge is 0.339 e. The van der Waals surface area contributed by atoms with Gasteiger partial charge in [-0.1, -0.05) is 13.3 Å². The molecule has 3 heteroatoms. The number of rotatable bonds is 3. The highest BCUT2D eigenvalue weighted by Crippen LogP contribution is 2.51. The molecule has 0 aromatic heterocycles. The van der Waals surface area contributed by atoms with Gasteiger partial charge in [-0.3, -0.25) is 4.79 Å². The van der Waals surface area contributed by atoms with Gasteiger partial charge in [-0.05, 0) is 26.2 Å². The van der Waals surface area contributed by atoms with Gasteiger partial charge in [-0.15, -0.1) is 0 Å². The highest BCUT2D eigenvalue weighted by atomic mass is 16.2. The molecule has 2 aliphatic rings. The zero-order valence-corrected chi connectivity index (χ0v) is 9.88. The highest BCUT2D eigenvalue weighted by molar-refractivity contribution is 5.85. The Morgan fingerprint density at radius 1 is 1.53 bits per heavy atom. The lowest BCUT2D eigenvalue weighted by Crippen LogP contribution is -2.53. The van der Waals surface area contributed by atoms with E-state index < -0.39 is 0 Å². The van der Waals surface area contributed by atoms with Crippen LogP contribution in [0.4, 0.5) is 0 Å². The van der Waals surface area contributed by atoms with Crippen LogP contribution in [0.25, 0.3) is 0 Å². The zero-order valence-electron chi connectivity index (χ0n) is 9.88. The quantitative estimate of drug-likeness (QED) is 0.763. The van der Waals surface area contributed by atoms with Crippen molar-refractivity contribution in [3.63, 3.8) is 0 Å². The molecule has 0 spiro atoms. The Kier molecular flexibility index (Phi) is 3.01. The van der Waals surface area contributed by atoms with Crippen molar-refractivity contribution in [2.24, 2.45) is 5.41 Å². The van der Waals surface area contributed by atoms with Crippen molar-refractivity contribution in [3.05, 3.63) is 0 Å². The number of carbonyl (C=O) groups is 1. The average molecular weight is 210 g/mol. The second kappa shape index (κ2) is 4.12. The molecule has 1 heterocycles. The van der Waals surface area contributed by atoms with E-state index in [-0.39, 0.29) is 5.41 Å². The third-order valence-corrected chi connectivity index (χ3v) is 3.69. The topological polar surface area (TPSA) is 32.3 Å². The van der Waals surface area contributed by atoms with Crippen molar-refractivity contribution in [1.29, 1.82) is 0 Å². The molecule has 1 atom stereocenters. The zero-order chi connectivity index (χ0) is 10.9. The van der Waals surface area contributed by atoms with Crippen molar-refractivity contribution >= 4 is 5.91 Å². The van der Waals surface area contributed by atoms with Gasteiger partial charge >= 0.3 is 0 Å². The first kappa shape index (κ1) is 10.9. The number of nitrogens with zero attached hydrogens (tertiary/aromatic N) is 1. The Balaban J connectivity index is 1.95. The number of piperazine rings is 1. The van der Waals surface area contributed by atoms with Crippen molar-refractivity contribution in [2.45, 2.75) is 45.6 Å². The lowest BCUT2D eigenvalue weighted by Gasteiger charge is -2.34. The summed E-state index contributed by atoms with van der Waals surface area (Å²) in [6.07, 6.45) is 4.47. The number of amides is 1.